The molecular formula is C17H13Cl2N3O2. The van der Waals surface area contributed by atoms with Crippen LogP contribution in [0.15, 0.2) is 52.9 Å². The van der Waals surface area contributed by atoms with Gasteiger partial charge in [-0.05, 0) is 36.4 Å². The third-order valence-corrected chi connectivity index (χ3v) is 3.88. The number of rotatable bonds is 5. The molecule has 122 valence electrons. The molecule has 1 N–H and O–H groups in total. The van der Waals surface area contributed by atoms with Crippen molar-refractivity contribution < 1.29 is 9.21 Å². The molecule has 0 atom stereocenters. The van der Waals surface area contributed by atoms with E-state index in [-0.39, 0.29) is 5.91 Å². The van der Waals surface area contributed by atoms with Crippen LogP contribution in [0.5, 0.6) is 0 Å². The lowest BCUT2D eigenvalue weighted by atomic mass is 10.2. The molecule has 0 aliphatic rings. The molecule has 5 nitrogen and oxygen atoms in total. The van der Waals surface area contributed by atoms with Crippen LogP contribution in [-0.4, -0.2) is 22.6 Å². The number of halogens is 2. The number of nitrogens with one attached hydrogen (secondary N) is 1. The Kier molecular flexibility index (Phi) is 5.13. The molecule has 24 heavy (non-hydrogen) atoms. The Bertz CT molecular complexity index is 847. The van der Waals surface area contributed by atoms with E-state index in [1.54, 1.807) is 48.5 Å². The number of amides is 1. The minimum atomic E-state index is -0.238. The van der Waals surface area contributed by atoms with Crippen LogP contribution >= 0.6 is 23.2 Å². The van der Waals surface area contributed by atoms with Crippen molar-refractivity contribution in [2.45, 2.75) is 6.42 Å². The molecule has 0 saturated heterocycles. The van der Waals surface area contributed by atoms with E-state index in [4.69, 9.17) is 27.6 Å². The van der Waals surface area contributed by atoms with Gasteiger partial charge in [0, 0.05) is 23.6 Å². The van der Waals surface area contributed by atoms with Crippen LogP contribution in [0.25, 0.3) is 11.5 Å². The van der Waals surface area contributed by atoms with E-state index in [9.17, 15) is 4.79 Å². The van der Waals surface area contributed by atoms with E-state index in [0.29, 0.717) is 40.4 Å². The summed E-state index contributed by atoms with van der Waals surface area (Å²) < 4.78 is 5.58. The topological polar surface area (TPSA) is 68.0 Å². The highest BCUT2D eigenvalue weighted by Crippen LogP contribution is 2.20. The van der Waals surface area contributed by atoms with Crippen LogP contribution in [0.1, 0.15) is 16.2 Å². The number of hydrogen-bond acceptors (Lipinski definition) is 4. The number of nitrogens with zero attached hydrogens (tertiary/aromatic N) is 2. The molecule has 0 unspecified atom stereocenters. The Hall–Kier alpha value is -2.37. The normalized spacial score (nSPS) is 10.6. The number of hydrogen-bond donors (Lipinski definition) is 1. The zero-order valence-corrected chi connectivity index (χ0v) is 14.0. The van der Waals surface area contributed by atoms with Gasteiger partial charge in [0.1, 0.15) is 0 Å². The molecule has 0 aliphatic heterocycles. The van der Waals surface area contributed by atoms with Crippen molar-refractivity contribution in [3.63, 3.8) is 0 Å². The smallest absolute Gasteiger partial charge is 0.252 e. The Morgan fingerprint density at radius 1 is 1.04 bits per heavy atom. The molecule has 0 radical (unpaired) electrons. The van der Waals surface area contributed by atoms with Gasteiger partial charge >= 0.3 is 0 Å². The molecule has 1 amide bonds. The fourth-order valence-electron chi connectivity index (χ4n) is 2.09. The summed E-state index contributed by atoms with van der Waals surface area (Å²) in [7, 11) is 0. The van der Waals surface area contributed by atoms with Gasteiger partial charge < -0.3 is 9.73 Å². The summed E-state index contributed by atoms with van der Waals surface area (Å²) in [5.41, 5.74) is 1.23. The molecule has 0 bridgehead atoms. The standard InChI is InChI=1S/C17H13Cl2N3O2/c18-12-7-5-11(6-8-12)17-22-21-15(24-17)9-10-20-16(23)13-3-1-2-4-14(13)19/h1-8H,9-10H2,(H,20,23). The number of benzene rings is 2. The highest BCUT2D eigenvalue weighted by atomic mass is 35.5. The fraction of sp³-hybridized carbons (Fsp3) is 0.118. The van der Waals surface area contributed by atoms with Crippen LogP contribution in [0.4, 0.5) is 0 Å². The van der Waals surface area contributed by atoms with Crippen molar-refractivity contribution in [2.75, 3.05) is 6.54 Å². The van der Waals surface area contributed by atoms with E-state index >= 15 is 0 Å². The van der Waals surface area contributed by atoms with Crippen molar-refractivity contribution in [1.82, 2.24) is 15.5 Å². The van der Waals surface area contributed by atoms with E-state index in [1.807, 2.05) is 0 Å². The maximum Gasteiger partial charge on any atom is 0.252 e. The van der Waals surface area contributed by atoms with Crippen molar-refractivity contribution in [1.29, 1.82) is 0 Å². The van der Waals surface area contributed by atoms with Gasteiger partial charge in [-0.2, -0.15) is 0 Å². The molecule has 1 heterocycles. The molecule has 0 saturated carbocycles. The Labute approximate surface area is 148 Å². The van der Waals surface area contributed by atoms with E-state index in [1.165, 1.54) is 0 Å². The highest BCUT2D eigenvalue weighted by molar-refractivity contribution is 6.33. The number of carbonyl (C=O) groups excluding carboxylic acids is 1. The Balaban J connectivity index is 1.57. The minimum Gasteiger partial charge on any atom is -0.421 e. The first-order valence-electron chi connectivity index (χ1n) is 7.24. The quantitative estimate of drug-likeness (QED) is 0.745. The SMILES string of the molecule is O=C(NCCc1nnc(-c2ccc(Cl)cc2)o1)c1ccccc1Cl. The largest absolute Gasteiger partial charge is 0.421 e. The first-order chi connectivity index (χ1) is 11.6. The van der Waals surface area contributed by atoms with E-state index in [0.717, 1.165) is 5.56 Å². The summed E-state index contributed by atoms with van der Waals surface area (Å²) in [6.45, 7) is 0.367. The number of carbonyl (C=O) groups is 1. The lowest BCUT2D eigenvalue weighted by molar-refractivity contribution is 0.0954. The Morgan fingerprint density at radius 3 is 2.54 bits per heavy atom. The molecule has 3 aromatic rings. The summed E-state index contributed by atoms with van der Waals surface area (Å²) >= 11 is 11.8. The van der Waals surface area contributed by atoms with Crippen molar-refractivity contribution in [2.24, 2.45) is 0 Å². The predicted molar refractivity (Wildman–Crippen MR) is 92.2 cm³/mol. The van der Waals surface area contributed by atoms with Crippen LogP contribution in [-0.2, 0) is 6.42 Å². The zero-order chi connectivity index (χ0) is 16.9. The van der Waals surface area contributed by atoms with Gasteiger partial charge in [0.25, 0.3) is 5.91 Å². The maximum atomic E-state index is 12.0. The second kappa shape index (κ2) is 7.47. The van der Waals surface area contributed by atoms with Gasteiger partial charge in [-0.15, -0.1) is 10.2 Å². The molecule has 0 aliphatic carbocycles. The zero-order valence-electron chi connectivity index (χ0n) is 12.5. The lowest BCUT2D eigenvalue weighted by Gasteiger charge is -2.04. The highest BCUT2D eigenvalue weighted by Gasteiger charge is 2.11. The molecule has 1 aromatic heterocycles. The number of aromatic nitrogens is 2. The first-order valence-corrected chi connectivity index (χ1v) is 8.00. The van der Waals surface area contributed by atoms with Crippen molar-refractivity contribution in [3.05, 3.63) is 70.0 Å². The summed E-state index contributed by atoms with van der Waals surface area (Å²) in [5, 5.41) is 11.8. The van der Waals surface area contributed by atoms with Crippen LogP contribution in [0.3, 0.4) is 0 Å². The monoisotopic (exact) mass is 361 g/mol. The van der Waals surface area contributed by atoms with Gasteiger partial charge in [0.15, 0.2) is 0 Å². The van der Waals surface area contributed by atoms with Gasteiger partial charge in [0.05, 0.1) is 10.6 Å². The third-order valence-electron chi connectivity index (χ3n) is 3.30. The van der Waals surface area contributed by atoms with Crippen molar-refractivity contribution >= 4 is 29.1 Å². The second-order valence-electron chi connectivity index (χ2n) is 4.99. The third kappa shape index (κ3) is 3.93. The minimum absolute atomic E-state index is 0.238. The van der Waals surface area contributed by atoms with Crippen molar-refractivity contribution in [3.8, 4) is 11.5 Å². The summed E-state index contributed by atoms with van der Waals surface area (Å²) in [4.78, 5) is 12.0. The summed E-state index contributed by atoms with van der Waals surface area (Å²) in [6.07, 6.45) is 0.427. The van der Waals surface area contributed by atoms with Crippen LogP contribution < -0.4 is 5.32 Å². The van der Waals surface area contributed by atoms with Crippen LogP contribution in [0, 0.1) is 0 Å². The summed E-state index contributed by atoms with van der Waals surface area (Å²) in [5.74, 6) is 0.622. The Morgan fingerprint density at radius 2 is 1.79 bits per heavy atom. The molecule has 7 heteroatoms. The molecule has 0 spiro atoms. The second-order valence-corrected chi connectivity index (χ2v) is 5.84. The predicted octanol–water partition coefficient (Wildman–Crippen LogP) is 4.02. The lowest BCUT2D eigenvalue weighted by Crippen LogP contribution is -2.26. The van der Waals surface area contributed by atoms with Crippen LogP contribution in [0.2, 0.25) is 10.0 Å². The molecule has 3 rings (SSSR count). The molecule has 0 fully saturated rings. The summed E-state index contributed by atoms with van der Waals surface area (Å²) in [6, 6.07) is 14.0. The average molecular weight is 362 g/mol. The van der Waals surface area contributed by atoms with Gasteiger partial charge in [0.2, 0.25) is 11.8 Å². The van der Waals surface area contributed by atoms with Gasteiger partial charge in [-0.3, -0.25) is 4.79 Å². The molecule has 2 aromatic carbocycles. The maximum absolute atomic E-state index is 12.0. The van der Waals surface area contributed by atoms with E-state index < -0.39 is 0 Å². The van der Waals surface area contributed by atoms with E-state index in [2.05, 4.69) is 15.5 Å². The van der Waals surface area contributed by atoms with Gasteiger partial charge in [-0.25, -0.2) is 0 Å². The first kappa shape index (κ1) is 16.5. The van der Waals surface area contributed by atoms with Gasteiger partial charge in [-0.1, -0.05) is 35.3 Å². The average Bonchev–Trinajstić information content (AvgIpc) is 3.04. The molecular weight excluding hydrogens is 349 g/mol. The fourth-order valence-corrected chi connectivity index (χ4v) is 2.43.